The van der Waals surface area contributed by atoms with Gasteiger partial charge in [0.2, 0.25) is 0 Å². The SMILES string of the molecule is O=C(O)c1ccn(C(=O)N2CC3CC(OCc4cccc(C5CCCC5)c4)C[C@H]3C2)n1. The molecule has 164 valence electrons. The minimum Gasteiger partial charge on any atom is -0.476 e. The summed E-state index contributed by atoms with van der Waals surface area (Å²) in [6.07, 6.45) is 8.90. The number of rotatable bonds is 5. The van der Waals surface area contributed by atoms with Crippen molar-refractivity contribution in [3.63, 3.8) is 0 Å². The molecule has 0 spiro atoms. The molecule has 2 heterocycles. The van der Waals surface area contributed by atoms with E-state index in [-0.39, 0.29) is 17.8 Å². The number of carboxylic acid groups (broad SMARTS) is 1. The first kappa shape index (κ1) is 20.2. The average Bonchev–Trinajstić information content (AvgIpc) is 3.55. The molecular weight excluding hydrogens is 394 g/mol. The van der Waals surface area contributed by atoms with Gasteiger partial charge in [0.05, 0.1) is 12.7 Å². The number of amides is 1. The molecule has 3 atom stereocenters. The number of carbonyl (C=O) groups is 2. The van der Waals surface area contributed by atoms with E-state index in [0.29, 0.717) is 31.5 Å². The van der Waals surface area contributed by atoms with Crippen LogP contribution in [0.4, 0.5) is 4.79 Å². The van der Waals surface area contributed by atoms with Crippen molar-refractivity contribution < 1.29 is 19.4 Å². The Balaban J connectivity index is 1.12. The summed E-state index contributed by atoms with van der Waals surface area (Å²) in [5.41, 5.74) is 2.60. The van der Waals surface area contributed by atoms with Crippen LogP contribution in [0.25, 0.3) is 0 Å². The number of aromatic carboxylic acids is 1. The van der Waals surface area contributed by atoms with E-state index in [2.05, 4.69) is 29.4 Å². The molecule has 1 aromatic carbocycles. The standard InChI is InChI=1S/C24H29N3O4/c28-23(29)22-8-9-27(25-22)24(30)26-13-19-11-21(12-20(19)14-26)31-15-16-4-3-7-18(10-16)17-5-1-2-6-17/h3-4,7-10,17,19-21H,1-2,5-6,11-15H2,(H,28,29)/t19-,20?,21?/m0/s1. The fraction of sp³-hybridized carbons (Fsp3) is 0.542. The van der Waals surface area contributed by atoms with Crippen LogP contribution < -0.4 is 0 Å². The molecule has 2 unspecified atom stereocenters. The Kier molecular flexibility index (Phi) is 5.52. The number of carbonyl (C=O) groups excluding carboxylic acids is 1. The van der Waals surface area contributed by atoms with Gasteiger partial charge in [-0.1, -0.05) is 37.1 Å². The van der Waals surface area contributed by atoms with Crippen LogP contribution in [-0.2, 0) is 11.3 Å². The molecule has 3 fully saturated rings. The molecule has 1 aromatic heterocycles. The van der Waals surface area contributed by atoms with Crippen LogP contribution in [0, 0.1) is 11.8 Å². The molecule has 7 nitrogen and oxygen atoms in total. The maximum absolute atomic E-state index is 12.6. The van der Waals surface area contributed by atoms with Crippen molar-refractivity contribution in [1.29, 1.82) is 0 Å². The summed E-state index contributed by atoms with van der Waals surface area (Å²) < 4.78 is 7.40. The summed E-state index contributed by atoms with van der Waals surface area (Å²) in [5.74, 6) is 0.468. The first-order chi connectivity index (χ1) is 15.1. The largest absolute Gasteiger partial charge is 0.476 e. The van der Waals surface area contributed by atoms with Crippen molar-refractivity contribution in [3.8, 4) is 0 Å². The summed E-state index contributed by atoms with van der Waals surface area (Å²) in [6.45, 7) is 2.02. The number of likely N-dealkylation sites (tertiary alicyclic amines) is 1. The summed E-state index contributed by atoms with van der Waals surface area (Å²) in [4.78, 5) is 25.4. The molecule has 1 saturated heterocycles. The zero-order chi connectivity index (χ0) is 21.4. The Morgan fingerprint density at radius 3 is 2.52 bits per heavy atom. The first-order valence-corrected chi connectivity index (χ1v) is 11.4. The van der Waals surface area contributed by atoms with Gasteiger partial charge in [-0.15, -0.1) is 0 Å². The second-order valence-corrected chi connectivity index (χ2v) is 9.29. The number of hydrogen-bond donors (Lipinski definition) is 1. The van der Waals surface area contributed by atoms with Crippen molar-refractivity contribution >= 4 is 12.0 Å². The van der Waals surface area contributed by atoms with Crippen molar-refractivity contribution in [2.24, 2.45) is 11.8 Å². The van der Waals surface area contributed by atoms with Gasteiger partial charge >= 0.3 is 12.0 Å². The van der Waals surface area contributed by atoms with Crippen LogP contribution in [0.2, 0.25) is 0 Å². The lowest BCUT2D eigenvalue weighted by Crippen LogP contribution is -2.34. The molecule has 3 aliphatic rings. The third-order valence-corrected chi connectivity index (χ3v) is 7.25. The first-order valence-electron chi connectivity index (χ1n) is 11.4. The van der Waals surface area contributed by atoms with E-state index in [9.17, 15) is 9.59 Å². The van der Waals surface area contributed by atoms with E-state index in [4.69, 9.17) is 9.84 Å². The van der Waals surface area contributed by atoms with Crippen LogP contribution in [0.5, 0.6) is 0 Å². The summed E-state index contributed by atoms with van der Waals surface area (Å²) in [7, 11) is 0. The summed E-state index contributed by atoms with van der Waals surface area (Å²) >= 11 is 0. The lowest BCUT2D eigenvalue weighted by atomic mass is 9.96. The van der Waals surface area contributed by atoms with E-state index in [1.165, 1.54) is 49.1 Å². The second-order valence-electron chi connectivity index (χ2n) is 9.29. The monoisotopic (exact) mass is 423 g/mol. The lowest BCUT2D eigenvalue weighted by Gasteiger charge is -2.19. The molecule has 31 heavy (non-hydrogen) atoms. The number of aromatic nitrogens is 2. The van der Waals surface area contributed by atoms with Crippen LogP contribution in [-0.4, -0.2) is 51.0 Å². The molecule has 1 N–H and O–H groups in total. The quantitative estimate of drug-likeness (QED) is 0.782. The number of benzene rings is 1. The number of ether oxygens (including phenoxy) is 1. The van der Waals surface area contributed by atoms with Gasteiger partial charge in [-0.3, -0.25) is 0 Å². The van der Waals surface area contributed by atoms with Crippen LogP contribution in [0.15, 0.2) is 36.5 Å². The highest BCUT2D eigenvalue weighted by atomic mass is 16.5. The van der Waals surface area contributed by atoms with Crippen LogP contribution in [0.3, 0.4) is 0 Å². The molecule has 2 saturated carbocycles. The van der Waals surface area contributed by atoms with Crippen molar-refractivity contribution in [2.45, 2.75) is 57.2 Å². The second kappa shape index (κ2) is 8.46. The van der Waals surface area contributed by atoms with E-state index >= 15 is 0 Å². The highest BCUT2D eigenvalue weighted by molar-refractivity contribution is 5.86. The molecule has 1 aliphatic heterocycles. The fourth-order valence-corrected chi connectivity index (χ4v) is 5.64. The lowest BCUT2D eigenvalue weighted by molar-refractivity contribution is 0.0383. The maximum atomic E-state index is 12.6. The highest BCUT2D eigenvalue weighted by Crippen LogP contribution is 2.40. The fourth-order valence-electron chi connectivity index (χ4n) is 5.64. The predicted octanol–water partition coefficient (Wildman–Crippen LogP) is 4.13. The topological polar surface area (TPSA) is 84.7 Å². The average molecular weight is 424 g/mol. The Bertz CT molecular complexity index is 951. The van der Waals surface area contributed by atoms with Gasteiger partial charge in [-0.05, 0) is 60.6 Å². The smallest absolute Gasteiger partial charge is 0.356 e. The summed E-state index contributed by atoms with van der Waals surface area (Å²) in [6, 6.07) is 9.99. The minimum absolute atomic E-state index is 0.113. The third kappa shape index (κ3) is 4.24. The molecule has 5 rings (SSSR count). The van der Waals surface area contributed by atoms with Crippen molar-refractivity contribution in [1.82, 2.24) is 14.7 Å². The van der Waals surface area contributed by atoms with Gasteiger partial charge in [0, 0.05) is 19.3 Å². The Hall–Kier alpha value is -2.67. The van der Waals surface area contributed by atoms with Gasteiger partial charge in [-0.2, -0.15) is 9.78 Å². The maximum Gasteiger partial charge on any atom is 0.356 e. The minimum atomic E-state index is -1.13. The molecule has 2 aliphatic carbocycles. The zero-order valence-electron chi connectivity index (χ0n) is 17.7. The Labute approximate surface area is 182 Å². The molecular formula is C24H29N3O4. The Morgan fingerprint density at radius 1 is 1.10 bits per heavy atom. The molecule has 0 radical (unpaired) electrons. The van der Waals surface area contributed by atoms with Crippen molar-refractivity contribution in [2.75, 3.05) is 13.1 Å². The van der Waals surface area contributed by atoms with Gasteiger partial charge in [0.25, 0.3) is 0 Å². The number of hydrogen-bond acceptors (Lipinski definition) is 4. The van der Waals surface area contributed by atoms with E-state index in [1.807, 2.05) is 0 Å². The highest BCUT2D eigenvalue weighted by Gasteiger charge is 2.43. The molecule has 2 aromatic rings. The van der Waals surface area contributed by atoms with Gasteiger partial charge < -0.3 is 14.7 Å². The molecule has 7 heteroatoms. The van der Waals surface area contributed by atoms with Gasteiger partial charge in [0.1, 0.15) is 0 Å². The van der Waals surface area contributed by atoms with Crippen LogP contribution >= 0.6 is 0 Å². The predicted molar refractivity (Wildman–Crippen MR) is 114 cm³/mol. The Morgan fingerprint density at radius 2 is 1.84 bits per heavy atom. The number of nitrogens with zero attached hydrogens (tertiary/aromatic N) is 3. The van der Waals surface area contributed by atoms with Gasteiger partial charge in [0.15, 0.2) is 5.69 Å². The van der Waals surface area contributed by atoms with E-state index in [1.54, 1.807) is 4.90 Å². The summed E-state index contributed by atoms with van der Waals surface area (Å²) in [5, 5.41) is 12.9. The van der Waals surface area contributed by atoms with E-state index < -0.39 is 5.97 Å². The number of fused-ring (bicyclic) bond motifs is 1. The third-order valence-electron chi connectivity index (χ3n) is 7.25. The van der Waals surface area contributed by atoms with Crippen molar-refractivity contribution in [3.05, 3.63) is 53.3 Å². The van der Waals surface area contributed by atoms with Crippen LogP contribution in [0.1, 0.15) is 66.1 Å². The normalized spacial score (nSPS) is 25.8. The zero-order valence-corrected chi connectivity index (χ0v) is 17.7. The van der Waals surface area contributed by atoms with E-state index in [0.717, 1.165) is 23.4 Å². The molecule has 0 bridgehead atoms. The molecule has 1 amide bonds. The number of carboxylic acids is 1. The van der Waals surface area contributed by atoms with Gasteiger partial charge in [-0.25, -0.2) is 9.59 Å².